The quantitative estimate of drug-likeness (QED) is 0.171. The Bertz CT molecular complexity index is 2420. The van der Waals surface area contributed by atoms with Gasteiger partial charge < -0.3 is 9.64 Å². The Morgan fingerprint density at radius 3 is 1.57 bits per heavy atom. The minimum Gasteiger partial charge on any atom is -0.458 e. The van der Waals surface area contributed by atoms with Crippen molar-refractivity contribution >= 4 is 40.2 Å². The largest absolute Gasteiger partial charge is 0.458 e. The highest BCUT2D eigenvalue weighted by molar-refractivity contribution is 6.99. The number of nitrogens with zero attached hydrogens (tertiary/aromatic N) is 1. The van der Waals surface area contributed by atoms with Gasteiger partial charge in [-0.25, -0.2) is 0 Å². The molecule has 9 rings (SSSR count). The first-order chi connectivity index (χ1) is 25.6. The van der Waals surface area contributed by atoms with Crippen molar-refractivity contribution in [1.29, 1.82) is 0 Å². The number of hydrogen-bond donors (Lipinski definition) is 0. The Morgan fingerprint density at radius 2 is 0.962 bits per heavy atom. The molecule has 2 heterocycles. The Morgan fingerprint density at radius 1 is 0.434 bits per heavy atom. The summed E-state index contributed by atoms with van der Waals surface area (Å²) in [5.74, 6) is 1.84. The number of ether oxygens (including phenoxy) is 1. The van der Waals surface area contributed by atoms with Crippen LogP contribution in [0.1, 0.15) is 52.7 Å². The van der Waals surface area contributed by atoms with Crippen LogP contribution >= 0.6 is 0 Å². The number of hydrogen-bond acceptors (Lipinski definition) is 2. The van der Waals surface area contributed by atoms with Gasteiger partial charge in [0.2, 0.25) is 0 Å². The first kappa shape index (κ1) is 33.1. The van der Waals surface area contributed by atoms with E-state index in [4.69, 9.17) is 4.74 Å². The molecule has 0 aromatic heterocycles. The molecule has 2 aliphatic heterocycles. The van der Waals surface area contributed by atoms with Crippen LogP contribution < -0.4 is 26.0 Å². The molecule has 0 fully saturated rings. The second-order valence-electron chi connectivity index (χ2n) is 16.6. The molecule has 7 aromatic carbocycles. The molecule has 0 atom stereocenters. The Balaban J connectivity index is 1.40. The zero-order valence-electron chi connectivity index (χ0n) is 31.4. The summed E-state index contributed by atoms with van der Waals surface area (Å²) in [7, 11) is 0. The lowest BCUT2D eigenvalue weighted by molar-refractivity contribution is 0.487. The fraction of sp³-hybridized carbons (Fsp3) is 0.160. The second kappa shape index (κ2) is 12.4. The molecular formula is C50H44BNO. The van der Waals surface area contributed by atoms with Gasteiger partial charge in [-0.15, -0.1) is 0 Å². The summed E-state index contributed by atoms with van der Waals surface area (Å²) in [6.07, 6.45) is 0. The molecule has 53 heavy (non-hydrogen) atoms. The summed E-state index contributed by atoms with van der Waals surface area (Å²) in [6.45, 7) is 13.9. The van der Waals surface area contributed by atoms with Crippen LogP contribution in [0.5, 0.6) is 11.5 Å². The number of fused-ring (bicyclic) bond motifs is 4. The van der Waals surface area contributed by atoms with Crippen molar-refractivity contribution in [2.75, 3.05) is 4.90 Å². The average molecular weight is 686 g/mol. The van der Waals surface area contributed by atoms with Gasteiger partial charge in [-0.1, -0.05) is 175 Å². The lowest BCUT2D eigenvalue weighted by atomic mass is 9.34. The van der Waals surface area contributed by atoms with Gasteiger partial charge in [0.15, 0.2) is 0 Å². The van der Waals surface area contributed by atoms with Gasteiger partial charge in [0, 0.05) is 22.5 Å². The maximum atomic E-state index is 6.98. The molecule has 0 amide bonds. The third-order valence-corrected chi connectivity index (χ3v) is 11.0. The predicted octanol–water partition coefficient (Wildman–Crippen LogP) is 11.7. The monoisotopic (exact) mass is 685 g/mol. The minimum atomic E-state index is -0.0107. The molecule has 258 valence electrons. The molecule has 0 spiro atoms. The number of para-hydroxylation sites is 3. The van der Waals surface area contributed by atoms with E-state index in [1.165, 1.54) is 61.0 Å². The number of benzene rings is 7. The van der Waals surface area contributed by atoms with Crippen LogP contribution in [0.4, 0.5) is 17.1 Å². The van der Waals surface area contributed by atoms with Gasteiger partial charge in [0.25, 0.3) is 6.71 Å². The van der Waals surface area contributed by atoms with E-state index in [1.807, 2.05) is 0 Å². The molecule has 0 N–H and O–H groups in total. The van der Waals surface area contributed by atoms with Crippen molar-refractivity contribution in [2.45, 2.75) is 52.4 Å². The molecular weight excluding hydrogens is 641 g/mol. The molecule has 0 aliphatic carbocycles. The van der Waals surface area contributed by atoms with Crippen LogP contribution in [-0.4, -0.2) is 6.71 Å². The molecule has 0 saturated carbocycles. The number of rotatable bonds is 4. The van der Waals surface area contributed by atoms with Crippen molar-refractivity contribution in [3.05, 3.63) is 169 Å². The van der Waals surface area contributed by atoms with Crippen molar-refractivity contribution in [2.24, 2.45) is 0 Å². The average Bonchev–Trinajstić information content (AvgIpc) is 3.17. The normalized spacial score (nSPS) is 13.2. The van der Waals surface area contributed by atoms with Crippen LogP contribution in [0.2, 0.25) is 0 Å². The van der Waals surface area contributed by atoms with E-state index in [0.29, 0.717) is 0 Å². The predicted molar refractivity (Wildman–Crippen MR) is 226 cm³/mol. The maximum Gasteiger partial charge on any atom is 0.256 e. The van der Waals surface area contributed by atoms with E-state index in [9.17, 15) is 0 Å². The highest BCUT2D eigenvalue weighted by Gasteiger charge is 2.43. The van der Waals surface area contributed by atoms with Gasteiger partial charge in [0.05, 0.1) is 5.69 Å². The highest BCUT2D eigenvalue weighted by Crippen LogP contribution is 2.49. The van der Waals surface area contributed by atoms with E-state index >= 15 is 0 Å². The second-order valence-corrected chi connectivity index (χ2v) is 16.6. The van der Waals surface area contributed by atoms with Crippen molar-refractivity contribution in [1.82, 2.24) is 0 Å². The summed E-state index contributed by atoms with van der Waals surface area (Å²) in [5, 5.41) is 0. The summed E-state index contributed by atoms with van der Waals surface area (Å²) in [4.78, 5) is 2.54. The topological polar surface area (TPSA) is 12.5 Å². The molecule has 0 unspecified atom stereocenters. The SMILES string of the molecule is CC(C)(C)c1cc(-c2cc3c4c(c2)N(c2c(-c5ccccc5)cccc2-c2ccccc2)c2ccccc2B4c2ccccc2O3)cc(C(C)(C)C)c1. The van der Waals surface area contributed by atoms with Crippen molar-refractivity contribution in [3.63, 3.8) is 0 Å². The molecule has 0 saturated heterocycles. The molecule has 0 bridgehead atoms. The zero-order valence-corrected chi connectivity index (χ0v) is 31.4. The van der Waals surface area contributed by atoms with Gasteiger partial charge in [0.1, 0.15) is 11.5 Å². The van der Waals surface area contributed by atoms with E-state index in [2.05, 4.69) is 204 Å². The van der Waals surface area contributed by atoms with E-state index < -0.39 is 0 Å². The molecule has 2 aliphatic rings. The Hall–Kier alpha value is -5.80. The first-order valence-corrected chi connectivity index (χ1v) is 18.8. The van der Waals surface area contributed by atoms with Crippen LogP contribution in [0.3, 0.4) is 0 Å². The van der Waals surface area contributed by atoms with Gasteiger partial charge >= 0.3 is 0 Å². The summed E-state index contributed by atoms with van der Waals surface area (Å²) in [6, 6.07) is 57.9. The fourth-order valence-electron chi connectivity index (χ4n) is 8.20. The van der Waals surface area contributed by atoms with Crippen LogP contribution in [0.25, 0.3) is 33.4 Å². The standard InChI is InChI=1S/C50H44BNO/c1-49(2,3)37-28-35(29-38(32-37)50(4,5)6)36-30-44-47-46(31-36)53-45-27-16-14-25-42(45)51(47)41-24-13-15-26-43(41)52(44)48-39(33-18-9-7-10-19-33)22-17-23-40(48)34-20-11-8-12-21-34/h7-32H,1-6H3. The number of anilines is 3. The summed E-state index contributed by atoms with van der Waals surface area (Å²) < 4.78 is 6.98. The molecule has 2 nitrogen and oxygen atoms in total. The minimum absolute atomic E-state index is 0.0107. The van der Waals surface area contributed by atoms with E-state index in [0.717, 1.165) is 28.4 Å². The molecule has 7 aromatic rings. The Labute approximate surface area is 314 Å². The van der Waals surface area contributed by atoms with E-state index in [-0.39, 0.29) is 17.5 Å². The molecule has 0 radical (unpaired) electrons. The summed E-state index contributed by atoms with van der Waals surface area (Å²) >= 11 is 0. The maximum absolute atomic E-state index is 6.98. The van der Waals surface area contributed by atoms with Gasteiger partial charge in [-0.3, -0.25) is 0 Å². The van der Waals surface area contributed by atoms with E-state index in [1.54, 1.807) is 0 Å². The molecule has 3 heteroatoms. The lowest BCUT2D eigenvalue weighted by Crippen LogP contribution is -2.59. The zero-order chi connectivity index (χ0) is 36.5. The third kappa shape index (κ3) is 5.67. The van der Waals surface area contributed by atoms with Crippen molar-refractivity contribution < 1.29 is 4.74 Å². The third-order valence-electron chi connectivity index (χ3n) is 11.0. The van der Waals surface area contributed by atoms with Gasteiger partial charge in [-0.2, -0.15) is 0 Å². The highest BCUT2D eigenvalue weighted by atomic mass is 16.5. The van der Waals surface area contributed by atoms with Crippen LogP contribution in [-0.2, 0) is 10.8 Å². The van der Waals surface area contributed by atoms with Crippen LogP contribution in [0.15, 0.2) is 158 Å². The first-order valence-electron chi connectivity index (χ1n) is 18.8. The fourth-order valence-corrected chi connectivity index (χ4v) is 8.20. The smallest absolute Gasteiger partial charge is 0.256 e. The lowest BCUT2D eigenvalue weighted by Gasteiger charge is -2.41. The van der Waals surface area contributed by atoms with Gasteiger partial charge in [-0.05, 0) is 84.9 Å². The summed E-state index contributed by atoms with van der Waals surface area (Å²) in [5.41, 5.74) is 16.9. The van der Waals surface area contributed by atoms with Crippen LogP contribution in [0, 0.1) is 0 Å². The Kier molecular flexibility index (Phi) is 7.75. The van der Waals surface area contributed by atoms with Crippen molar-refractivity contribution in [3.8, 4) is 44.9 Å².